The van der Waals surface area contributed by atoms with E-state index in [1.54, 1.807) is 12.4 Å². The Morgan fingerprint density at radius 2 is 2.12 bits per heavy atom. The number of fused-ring (bicyclic) bond motifs is 1. The molecule has 34 heavy (non-hydrogen) atoms. The largest absolute Gasteiger partial charge is 0.396 e. The van der Waals surface area contributed by atoms with Crippen LogP contribution in [0.1, 0.15) is 43.2 Å². The van der Waals surface area contributed by atoms with Gasteiger partial charge in [0.05, 0.1) is 43.1 Å². The van der Waals surface area contributed by atoms with Crippen molar-refractivity contribution >= 4 is 36.1 Å². The molecule has 2 saturated heterocycles. The van der Waals surface area contributed by atoms with Crippen LogP contribution in [0.2, 0.25) is 5.02 Å². The van der Waals surface area contributed by atoms with Crippen molar-refractivity contribution in [3.05, 3.63) is 40.2 Å². The molecule has 0 amide bonds. The van der Waals surface area contributed by atoms with Crippen LogP contribution >= 0.6 is 11.6 Å². The number of piperidine rings is 1. The predicted molar refractivity (Wildman–Crippen MR) is 137 cm³/mol. The zero-order valence-electron chi connectivity index (χ0n) is 19.6. The second-order valence-corrected chi connectivity index (χ2v) is 10.6. The highest BCUT2D eigenvalue weighted by Crippen LogP contribution is 2.46. The molecule has 1 aliphatic carbocycles. The Morgan fingerprint density at radius 1 is 1.32 bits per heavy atom. The third-order valence-electron chi connectivity index (χ3n) is 7.80. The number of aliphatic hydroxyl groups excluding tert-OH is 1. The highest BCUT2D eigenvalue weighted by atomic mass is 35.5. The van der Waals surface area contributed by atoms with Gasteiger partial charge in [-0.05, 0) is 62.9 Å². The summed E-state index contributed by atoms with van der Waals surface area (Å²) in [7, 11) is 0. The molecule has 0 bridgehead atoms. The van der Waals surface area contributed by atoms with Gasteiger partial charge < -0.3 is 20.9 Å². The topological polar surface area (TPSA) is 108 Å². The van der Waals surface area contributed by atoms with Gasteiger partial charge in [0.2, 0.25) is 0 Å². The molecule has 0 spiro atoms. The van der Waals surface area contributed by atoms with E-state index in [0.717, 1.165) is 67.4 Å². The molecule has 2 unspecified atom stereocenters. The van der Waals surface area contributed by atoms with Crippen molar-refractivity contribution in [1.29, 1.82) is 0 Å². The van der Waals surface area contributed by atoms with Crippen molar-refractivity contribution in [2.24, 2.45) is 26.1 Å². The molecule has 4 N–H and O–H groups in total. The maximum Gasteiger partial charge on any atom is 0.0964 e. The smallest absolute Gasteiger partial charge is 0.0964 e. The van der Waals surface area contributed by atoms with Crippen LogP contribution < -0.4 is 11.1 Å². The number of hydrogen-bond donors (Lipinski definition) is 3. The van der Waals surface area contributed by atoms with Gasteiger partial charge in [-0.25, -0.2) is 4.99 Å². The number of hydrogen-bond acceptors (Lipinski definition) is 7. The van der Waals surface area contributed by atoms with Gasteiger partial charge in [0.15, 0.2) is 0 Å². The third-order valence-corrected chi connectivity index (χ3v) is 8.13. The van der Waals surface area contributed by atoms with E-state index in [0.29, 0.717) is 18.2 Å². The first-order valence-corrected chi connectivity index (χ1v) is 12.4. The van der Waals surface area contributed by atoms with Crippen molar-refractivity contribution in [2.45, 2.75) is 43.7 Å². The molecule has 1 aromatic carbocycles. The first kappa shape index (κ1) is 23.5. The molecular weight excluding hydrogens is 452 g/mol. The number of allylic oxidation sites excluding steroid dienone is 1. The molecule has 5 rings (SSSR count). The van der Waals surface area contributed by atoms with Crippen LogP contribution in [0.15, 0.2) is 39.0 Å². The minimum atomic E-state index is -0.117. The van der Waals surface area contributed by atoms with Crippen LogP contribution in [0, 0.1) is 5.41 Å². The van der Waals surface area contributed by atoms with Crippen LogP contribution in [0.3, 0.4) is 0 Å². The van der Waals surface area contributed by atoms with Crippen molar-refractivity contribution < 1.29 is 9.84 Å². The fraction of sp³-hybridized carbons (Fsp3) is 0.560. The molecule has 3 heterocycles. The summed E-state index contributed by atoms with van der Waals surface area (Å²) in [6, 6.07) is 4.24. The Labute approximate surface area is 205 Å². The summed E-state index contributed by atoms with van der Waals surface area (Å²) in [4.78, 5) is 16.0. The molecule has 182 valence electrons. The van der Waals surface area contributed by atoms with E-state index in [4.69, 9.17) is 22.1 Å². The number of aliphatic imine (C=N–C) groups is 3. The number of nitrogens with two attached hydrogens (primary N) is 1. The van der Waals surface area contributed by atoms with E-state index in [1.807, 2.05) is 12.3 Å². The fourth-order valence-corrected chi connectivity index (χ4v) is 5.58. The highest BCUT2D eigenvalue weighted by molar-refractivity contribution is 6.32. The standard InChI is InChI=1S/C25H33ClN6O2/c1-24(14-34-15-24)32-4-2-17(3-5-32)20-7-22(31-16-27)18(6-21(20)26)9-29-19-10-28-12-25(13-33)8-23(25)30-11-19/h6-7,9-11,16-17,23,30,33H,2-5,8,12-15H2,1H3,(H2,27,31)/b19-11+,28-10?,29-9?. The first-order chi connectivity index (χ1) is 16.5. The van der Waals surface area contributed by atoms with Crippen LogP contribution in [0.4, 0.5) is 5.69 Å². The summed E-state index contributed by atoms with van der Waals surface area (Å²) in [6.45, 7) is 6.75. The molecule has 0 radical (unpaired) electrons. The van der Waals surface area contributed by atoms with Crippen LogP contribution in [0.5, 0.6) is 0 Å². The van der Waals surface area contributed by atoms with E-state index in [1.165, 1.54) is 6.34 Å². The lowest BCUT2D eigenvalue weighted by molar-refractivity contribution is -0.136. The minimum absolute atomic E-state index is 0.117. The summed E-state index contributed by atoms with van der Waals surface area (Å²) in [5.74, 6) is 0.390. The molecule has 8 nitrogen and oxygen atoms in total. The van der Waals surface area contributed by atoms with Crippen LogP contribution in [-0.4, -0.2) is 79.8 Å². The molecule has 1 saturated carbocycles. The number of halogens is 1. The predicted octanol–water partition coefficient (Wildman–Crippen LogP) is 2.61. The van der Waals surface area contributed by atoms with Gasteiger partial charge in [0.25, 0.3) is 0 Å². The Bertz CT molecular complexity index is 1040. The Morgan fingerprint density at radius 3 is 2.79 bits per heavy atom. The van der Waals surface area contributed by atoms with Crippen LogP contribution in [-0.2, 0) is 4.74 Å². The summed E-state index contributed by atoms with van der Waals surface area (Å²) in [6.07, 6.45) is 9.69. The van der Waals surface area contributed by atoms with Gasteiger partial charge >= 0.3 is 0 Å². The lowest BCUT2D eigenvalue weighted by Gasteiger charge is -2.50. The number of benzene rings is 1. The maximum atomic E-state index is 9.61. The lowest BCUT2D eigenvalue weighted by atomic mass is 9.85. The summed E-state index contributed by atoms with van der Waals surface area (Å²) in [5.41, 5.74) is 9.12. The number of rotatable bonds is 6. The Balaban J connectivity index is 1.31. The maximum absolute atomic E-state index is 9.61. The van der Waals surface area contributed by atoms with Crippen molar-refractivity contribution in [2.75, 3.05) is 39.5 Å². The Kier molecular flexibility index (Phi) is 6.50. The SMILES string of the molecule is CC1(N2CCC(c3cc(N=CN)c(C=N/C4=C/NC5CC5(CO)CN=C4)cc3Cl)CC2)COC1. The molecule has 0 aromatic heterocycles. The molecule has 4 aliphatic rings. The van der Waals surface area contributed by atoms with E-state index in [9.17, 15) is 5.11 Å². The molecule has 2 atom stereocenters. The van der Waals surface area contributed by atoms with Gasteiger partial charge in [-0.1, -0.05) is 11.6 Å². The third kappa shape index (κ3) is 4.52. The normalized spacial score (nSPS) is 30.8. The van der Waals surface area contributed by atoms with Gasteiger partial charge in [-0.2, -0.15) is 0 Å². The lowest BCUT2D eigenvalue weighted by Crippen LogP contribution is -2.61. The molecule has 3 aliphatic heterocycles. The second kappa shape index (κ2) is 9.41. The highest BCUT2D eigenvalue weighted by Gasteiger charge is 2.53. The molecule has 9 heteroatoms. The van der Waals surface area contributed by atoms with Crippen molar-refractivity contribution in [3.8, 4) is 0 Å². The van der Waals surface area contributed by atoms with Gasteiger partial charge in [-0.15, -0.1) is 0 Å². The number of nitrogens with zero attached hydrogens (tertiary/aromatic N) is 4. The fourth-order valence-electron chi connectivity index (χ4n) is 5.25. The van der Waals surface area contributed by atoms with Crippen LogP contribution in [0.25, 0.3) is 0 Å². The minimum Gasteiger partial charge on any atom is -0.396 e. The monoisotopic (exact) mass is 484 g/mol. The van der Waals surface area contributed by atoms with Gasteiger partial charge in [0, 0.05) is 47.2 Å². The number of nitrogens with one attached hydrogen (secondary N) is 1. The van der Waals surface area contributed by atoms with E-state index < -0.39 is 0 Å². The van der Waals surface area contributed by atoms with Crippen molar-refractivity contribution in [1.82, 2.24) is 10.2 Å². The first-order valence-electron chi connectivity index (χ1n) is 12.0. The second-order valence-electron chi connectivity index (χ2n) is 10.2. The summed E-state index contributed by atoms with van der Waals surface area (Å²) >= 11 is 6.77. The van der Waals surface area contributed by atoms with Gasteiger partial charge in [0.1, 0.15) is 0 Å². The van der Waals surface area contributed by atoms with E-state index >= 15 is 0 Å². The van der Waals surface area contributed by atoms with E-state index in [-0.39, 0.29) is 23.6 Å². The number of likely N-dealkylation sites (tertiary alicyclic amines) is 1. The molecule has 3 fully saturated rings. The number of aliphatic hydroxyl groups is 1. The molecule has 1 aromatic rings. The van der Waals surface area contributed by atoms with E-state index in [2.05, 4.69) is 38.2 Å². The molecular formula is C25H33ClN6O2. The average Bonchev–Trinajstić information content (AvgIpc) is 3.50. The quantitative estimate of drug-likeness (QED) is 0.425. The zero-order chi connectivity index (χ0) is 23.8. The zero-order valence-corrected chi connectivity index (χ0v) is 20.3. The average molecular weight is 485 g/mol. The van der Waals surface area contributed by atoms with Gasteiger partial charge in [-0.3, -0.25) is 14.9 Å². The Hall–Kier alpha value is -2.26. The number of ether oxygens (including phenoxy) is 1. The van der Waals surface area contributed by atoms with Crippen molar-refractivity contribution in [3.63, 3.8) is 0 Å². The summed E-state index contributed by atoms with van der Waals surface area (Å²) < 4.78 is 5.45. The summed E-state index contributed by atoms with van der Waals surface area (Å²) in [5, 5.41) is 13.7.